The molecule has 0 aromatic carbocycles. The van der Waals surface area contributed by atoms with Crippen LogP contribution in [0, 0.1) is 5.41 Å². The number of carbonyl (C=O) groups is 2. The van der Waals surface area contributed by atoms with Gasteiger partial charge in [0.2, 0.25) is 0 Å². The topological polar surface area (TPSA) is 69.6 Å². The molecule has 1 fully saturated rings. The largest absolute Gasteiger partial charge is 0.481 e. The van der Waals surface area contributed by atoms with Crippen molar-refractivity contribution in [2.24, 2.45) is 5.41 Å². The van der Waals surface area contributed by atoms with Gasteiger partial charge in [0.15, 0.2) is 0 Å². The summed E-state index contributed by atoms with van der Waals surface area (Å²) >= 11 is 0. The third-order valence-corrected chi connectivity index (χ3v) is 2.90. The molecule has 2 amide bonds. The van der Waals surface area contributed by atoms with Crippen molar-refractivity contribution in [2.75, 3.05) is 19.6 Å². The van der Waals surface area contributed by atoms with E-state index in [0.717, 1.165) is 0 Å². The van der Waals surface area contributed by atoms with E-state index < -0.39 is 11.4 Å². The minimum absolute atomic E-state index is 0.217. The summed E-state index contributed by atoms with van der Waals surface area (Å²) in [6.07, 6.45) is 2.94. The molecule has 5 nitrogen and oxygen atoms in total. The second-order valence-corrected chi connectivity index (χ2v) is 4.07. The molecule has 1 saturated carbocycles. The minimum atomic E-state index is -0.820. The van der Waals surface area contributed by atoms with E-state index in [-0.39, 0.29) is 12.6 Å². The zero-order valence-electron chi connectivity index (χ0n) is 9.53. The highest BCUT2D eigenvalue weighted by atomic mass is 16.4. The number of rotatable bonds is 6. The van der Waals surface area contributed by atoms with Crippen LogP contribution >= 0.6 is 0 Å². The molecule has 0 aromatic rings. The molecule has 16 heavy (non-hydrogen) atoms. The van der Waals surface area contributed by atoms with E-state index >= 15 is 0 Å². The van der Waals surface area contributed by atoms with E-state index in [0.29, 0.717) is 25.9 Å². The quantitative estimate of drug-likeness (QED) is 0.665. The predicted molar refractivity (Wildman–Crippen MR) is 60.1 cm³/mol. The smallest absolute Gasteiger partial charge is 0.317 e. The van der Waals surface area contributed by atoms with Crippen LogP contribution in [-0.4, -0.2) is 41.6 Å². The van der Waals surface area contributed by atoms with Crippen LogP contribution in [0.2, 0.25) is 0 Å². The number of nitrogens with zero attached hydrogens (tertiary/aromatic N) is 1. The standard InChI is InChI=1S/C11H18N2O3/c1-3-7-13(4-2)10(16)12-8-11(5-6-11)9(14)15/h3H,1,4-8H2,2H3,(H,12,16)(H,14,15). The maximum atomic E-state index is 11.6. The normalized spacial score (nSPS) is 16.3. The summed E-state index contributed by atoms with van der Waals surface area (Å²) in [6.45, 7) is 6.71. The lowest BCUT2D eigenvalue weighted by molar-refractivity contribution is -0.143. The summed E-state index contributed by atoms with van der Waals surface area (Å²) in [7, 11) is 0. The summed E-state index contributed by atoms with van der Waals surface area (Å²) in [5.74, 6) is -0.820. The van der Waals surface area contributed by atoms with Gasteiger partial charge in [-0.25, -0.2) is 4.79 Å². The van der Waals surface area contributed by atoms with Gasteiger partial charge in [0.25, 0.3) is 0 Å². The van der Waals surface area contributed by atoms with E-state index in [1.165, 1.54) is 0 Å². The van der Waals surface area contributed by atoms with Crippen molar-refractivity contribution in [3.8, 4) is 0 Å². The fourth-order valence-electron chi connectivity index (χ4n) is 1.49. The Bertz CT molecular complexity index is 298. The Hall–Kier alpha value is -1.52. The fraction of sp³-hybridized carbons (Fsp3) is 0.636. The second-order valence-electron chi connectivity index (χ2n) is 4.07. The molecule has 1 aliphatic rings. The van der Waals surface area contributed by atoms with Gasteiger partial charge in [-0.05, 0) is 19.8 Å². The van der Waals surface area contributed by atoms with E-state index in [1.807, 2.05) is 6.92 Å². The number of aliphatic carboxylic acids is 1. The molecule has 0 aliphatic heterocycles. The Labute approximate surface area is 95.1 Å². The van der Waals surface area contributed by atoms with Gasteiger partial charge >= 0.3 is 12.0 Å². The summed E-state index contributed by atoms with van der Waals surface area (Å²) in [5, 5.41) is 11.6. The van der Waals surface area contributed by atoms with Crippen LogP contribution in [-0.2, 0) is 4.79 Å². The van der Waals surface area contributed by atoms with Crippen LogP contribution in [0.5, 0.6) is 0 Å². The van der Waals surface area contributed by atoms with Crippen molar-refractivity contribution in [3.63, 3.8) is 0 Å². The van der Waals surface area contributed by atoms with Gasteiger partial charge in [-0.3, -0.25) is 4.79 Å². The van der Waals surface area contributed by atoms with Gasteiger partial charge in [0.1, 0.15) is 0 Å². The third-order valence-electron chi connectivity index (χ3n) is 2.90. The predicted octanol–water partition coefficient (Wildman–Crippen LogP) is 1.07. The van der Waals surface area contributed by atoms with Crippen molar-refractivity contribution in [2.45, 2.75) is 19.8 Å². The van der Waals surface area contributed by atoms with Gasteiger partial charge in [0, 0.05) is 19.6 Å². The summed E-state index contributed by atoms with van der Waals surface area (Å²) in [5.41, 5.74) is -0.705. The van der Waals surface area contributed by atoms with Gasteiger partial charge in [-0.2, -0.15) is 0 Å². The van der Waals surface area contributed by atoms with Gasteiger partial charge < -0.3 is 15.3 Å². The fourth-order valence-corrected chi connectivity index (χ4v) is 1.49. The zero-order chi connectivity index (χ0) is 12.2. The number of hydrogen-bond donors (Lipinski definition) is 2. The lowest BCUT2D eigenvalue weighted by Gasteiger charge is -2.20. The molecular weight excluding hydrogens is 208 g/mol. The summed E-state index contributed by atoms with van der Waals surface area (Å²) in [4.78, 5) is 24.1. The summed E-state index contributed by atoms with van der Waals surface area (Å²) < 4.78 is 0. The lowest BCUT2D eigenvalue weighted by Crippen LogP contribution is -2.43. The highest BCUT2D eigenvalue weighted by Crippen LogP contribution is 2.45. The minimum Gasteiger partial charge on any atom is -0.481 e. The average molecular weight is 226 g/mol. The number of nitrogens with one attached hydrogen (secondary N) is 1. The van der Waals surface area contributed by atoms with Gasteiger partial charge in [-0.1, -0.05) is 6.08 Å². The molecule has 1 rings (SSSR count). The third kappa shape index (κ3) is 2.74. The van der Waals surface area contributed by atoms with E-state index in [9.17, 15) is 9.59 Å². The number of urea groups is 1. The van der Waals surface area contributed by atoms with E-state index in [4.69, 9.17) is 5.11 Å². The van der Waals surface area contributed by atoms with E-state index in [2.05, 4.69) is 11.9 Å². The Morgan fingerprint density at radius 3 is 2.56 bits per heavy atom. The lowest BCUT2D eigenvalue weighted by atomic mass is 10.1. The maximum Gasteiger partial charge on any atom is 0.317 e. The Kier molecular flexibility index (Phi) is 3.93. The molecule has 5 heteroatoms. The first-order valence-electron chi connectivity index (χ1n) is 5.43. The molecule has 0 saturated heterocycles. The molecule has 1 aliphatic carbocycles. The van der Waals surface area contributed by atoms with Crippen LogP contribution in [0.4, 0.5) is 4.79 Å². The number of hydrogen-bond acceptors (Lipinski definition) is 2. The number of carbonyl (C=O) groups excluding carboxylic acids is 1. The molecule has 0 heterocycles. The van der Waals surface area contributed by atoms with Gasteiger partial charge in [-0.15, -0.1) is 6.58 Å². The first-order valence-corrected chi connectivity index (χ1v) is 5.43. The number of carboxylic acids is 1. The molecule has 0 atom stereocenters. The molecule has 2 N–H and O–H groups in total. The number of amides is 2. The van der Waals surface area contributed by atoms with Crippen LogP contribution in [0.1, 0.15) is 19.8 Å². The van der Waals surface area contributed by atoms with Crippen LogP contribution < -0.4 is 5.32 Å². The molecule has 0 aromatic heterocycles. The maximum absolute atomic E-state index is 11.6. The summed E-state index contributed by atoms with van der Waals surface area (Å²) in [6, 6.07) is -0.227. The highest BCUT2D eigenvalue weighted by molar-refractivity contribution is 5.80. The number of likely N-dealkylation sites (N-methyl/N-ethyl adjacent to an activating group) is 1. The van der Waals surface area contributed by atoms with Crippen molar-refractivity contribution < 1.29 is 14.7 Å². The monoisotopic (exact) mass is 226 g/mol. The molecule has 0 spiro atoms. The first kappa shape index (κ1) is 12.5. The molecule has 0 unspecified atom stereocenters. The van der Waals surface area contributed by atoms with Crippen LogP contribution in [0.25, 0.3) is 0 Å². The molecule has 0 radical (unpaired) electrons. The van der Waals surface area contributed by atoms with Gasteiger partial charge in [0.05, 0.1) is 5.41 Å². The Balaban J connectivity index is 2.40. The van der Waals surface area contributed by atoms with Crippen molar-refractivity contribution in [1.29, 1.82) is 0 Å². The SMILES string of the molecule is C=CCN(CC)C(=O)NCC1(C(=O)O)CC1. The van der Waals surface area contributed by atoms with Crippen molar-refractivity contribution in [1.82, 2.24) is 10.2 Å². The average Bonchev–Trinajstić information content (AvgIpc) is 3.03. The molecular formula is C11H18N2O3. The zero-order valence-corrected chi connectivity index (χ0v) is 9.53. The van der Waals surface area contributed by atoms with Crippen molar-refractivity contribution in [3.05, 3.63) is 12.7 Å². The highest BCUT2D eigenvalue weighted by Gasteiger charge is 2.50. The van der Waals surface area contributed by atoms with Crippen molar-refractivity contribution >= 4 is 12.0 Å². The Morgan fingerprint density at radius 2 is 2.19 bits per heavy atom. The number of carboxylic acid groups (broad SMARTS) is 1. The Morgan fingerprint density at radius 1 is 1.56 bits per heavy atom. The molecule has 0 bridgehead atoms. The second kappa shape index (κ2) is 5.01. The van der Waals surface area contributed by atoms with Crippen LogP contribution in [0.3, 0.4) is 0 Å². The van der Waals surface area contributed by atoms with E-state index in [1.54, 1.807) is 11.0 Å². The van der Waals surface area contributed by atoms with Crippen LogP contribution in [0.15, 0.2) is 12.7 Å². The molecule has 90 valence electrons. The first-order chi connectivity index (χ1) is 7.55.